The number of carbonyl (C=O) groups is 2. The highest BCUT2D eigenvalue weighted by Gasteiger charge is 2.31. The van der Waals surface area contributed by atoms with Crippen molar-refractivity contribution in [1.29, 1.82) is 0 Å². The molecule has 6 aromatic rings. The minimum absolute atomic E-state index is 0.140. The number of anilines is 1. The van der Waals surface area contributed by atoms with Crippen molar-refractivity contribution in [3.8, 4) is 28.1 Å². The number of fused-ring (bicyclic) bond motifs is 3. The van der Waals surface area contributed by atoms with Crippen LogP contribution in [0.5, 0.6) is 5.75 Å². The van der Waals surface area contributed by atoms with E-state index in [0.717, 1.165) is 78.5 Å². The maximum absolute atomic E-state index is 12.9. The number of hydrogen-bond donors (Lipinski definition) is 3. The molecule has 8 rings (SSSR count). The Morgan fingerprint density at radius 2 is 1.82 bits per heavy atom. The average molecular weight is 656 g/mol. The van der Waals surface area contributed by atoms with E-state index in [-0.39, 0.29) is 17.6 Å². The Balaban J connectivity index is 0.926. The number of pyridine rings is 1. The van der Waals surface area contributed by atoms with Crippen LogP contribution in [0.1, 0.15) is 37.3 Å². The molecule has 2 fully saturated rings. The van der Waals surface area contributed by atoms with Crippen molar-refractivity contribution in [1.82, 2.24) is 39.7 Å². The van der Waals surface area contributed by atoms with Crippen molar-refractivity contribution in [2.75, 3.05) is 25.4 Å². The van der Waals surface area contributed by atoms with Crippen LogP contribution in [-0.2, 0) is 22.6 Å². The predicted octanol–water partition coefficient (Wildman–Crippen LogP) is 4.73. The van der Waals surface area contributed by atoms with E-state index >= 15 is 0 Å². The molecular formula is C37H37N9O3. The molecule has 248 valence electrons. The number of amides is 2. The van der Waals surface area contributed by atoms with Crippen LogP contribution in [0.15, 0.2) is 79.3 Å². The number of nitrogens with one attached hydrogen (secondary N) is 1. The summed E-state index contributed by atoms with van der Waals surface area (Å²) in [5.74, 6) is 0.481. The molecule has 2 aliphatic heterocycles. The van der Waals surface area contributed by atoms with E-state index in [1.54, 1.807) is 24.4 Å². The van der Waals surface area contributed by atoms with Crippen molar-refractivity contribution >= 4 is 39.6 Å². The third kappa shape index (κ3) is 5.88. The van der Waals surface area contributed by atoms with Gasteiger partial charge in [0.15, 0.2) is 5.82 Å². The fraction of sp³-hybridized carbons (Fsp3) is 0.297. The van der Waals surface area contributed by atoms with E-state index in [2.05, 4.69) is 54.8 Å². The zero-order chi connectivity index (χ0) is 33.5. The van der Waals surface area contributed by atoms with Gasteiger partial charge in [0.2, 0.25) is 11.8 Å². The molecular weight excluding hydrogens is 618 g/mol. The van der Waals surface area contributed by atoms with Crippen LogP contribution in [0.3, 0.4) is 0 Å². The van der Waals surface area contributed by atoms with Crippen molar-refractivity contribution in [2.45, 2.75) is 44.7 Å². The van der Waals surface area contributed by atoms with Gasteiger partial charge in [-0.15, -0.1) is 10.2 Å². The molecule has 1 atom stereocenters. The summed E-state index contributed by atoms with van der Waals surface area (Å²) >= 11 is 0. The summed E-state index contributed by atoms with van der Waals surface area (Å²) in [6.07, 6.45) is 9.41. The Hall–Kier alpha value is -5.62. The number of nitrogen functional groups attached to an aromatic ring is 1. The van der Waals surface area contributed by atoms with Crippen LogP contribution in [0.4, 0.5) is 5.82 Å². The quantitative estimate of drug-likeness (QED) is 0.197. The minimum Gasteiger partial charge on any atom is -0.507 e. The first-order valence-electron chi connectivity index (χ1n) is 16.8. The van der Waals surface area contributed by atoms with Gasteiger partial charge in [-0.2, -0.15) is 5.10 Å². The first kappa shape index (κ1) is 30.7. The molecule has 0 bridgehead atoms. The lowest BCUT2D eigenvalue weighted by Gasteiger charge is -2.32. The summed E-state index contributed by atoms with van der Waals surface area (Å²) in [7, 11) is 0. The van der Waals surface area contributed by atoms with Gasteiger partial charge in [-0.05, 0) is 86.7 Å². The van der Waals surface area contributed by atoms with E-state index in [4.69, 9.17) is 5.73 Å². The van der Waals surface area contributed by atoms with Crippen LogP contribution in [0.2, 0.25) is 0 Å². The number of aromatic nitrogens is 6. The Morgan fingerprint density at radius 3 is 2.65 bits per heavy atom. The fourth-order valence-corrected chi connectivity index (χ4v) is 7.44. The Bertz CT molecular complexity index is 2200. The summed E-state index contributed by atoms with van der Waals surface area (Å²) in [5.41, 5.74) is 12.0. The lowest BCUT2D eigenvalue weighted by atomic mass is 9.96. The minimum atomic E-state index is -0.465. The van der Waals surface area contributed by atoms with E-state index in [9.17, 15) is 14.7 Å². The summed E-state index contributed by atoms with van der Waals surface area (Å²) in [6.45, 7) is 3.79. The molecule has 49 heavy (non-hydrogen) atoms. The van der Waals surface area contributed by atoms with Gasteiger partial charge in [-0.25, -0.2) is 4.98 Å². The number of piperidine rings is 2. The molecule has 2 saturated heterocycles. The van der Waals surface area contributed by atoms with Gasteiger partial charge >= 0.3 is 0 Å². The number of aromatic hydroxyl groups is 1. The molecule has 1 unspecified atom stereocenters. The summed E-state index contributed by atoms with van der Waals surface area (Å²) in [4.78, 5) is 32.0. The van der Waals surface area contributed by atoms with Gasteiger partial charge in [-0.3, -0.25) is 19.6 Å². The first-order chi connectivity index (χ1) is 23.9. The number of rotatable bonds is 8. The second-order valence-corrected chi connectivity index (χ2v) is 13.1. The molecule has 0 radical (unpaired) electrons. The second kappa shape index (κ2) is 12.8. The number of benzene rings is 2. The van der Waals surface area contributed by atoms with Gasteiger partial charge in [0.25, 0.3) is 0 Å². The number of para-hydroxylation sites is 1. The van der Waals surface area contributed by atoms with Gasteiger partial charge < -0.3 is 20.3 Å². The zero-order valence-electron chi connectivity index (χ0n) is 27.0. The normalized spacial score (nSPS) is 17.6. The number of phenols is 1. The number of nitrogens with two attached hydrogens (primary N) is 1. The number of likely N-dealkylation sites (tertiary alicyclic amines) is 1. The van der Waals surface area contributed by atoms with Gasteiger partial charge in [0.1, 0.15) is 17.4 Å². The standard InChI is InChI=1S/C37H37N9O3/c38-35-28(19-29(42-43-35)26-6-1-2-9-32(26)47)25-20-40-45(22-25)21-23-12-16-44(17-13-23)18-14-24-5-3-8-30-34(24)27-7-4-15-39-36(27)46(30)31-10-11-33(48)41-37(31)49/h1-9,15,19-20,22-23,31,47H,10-14,16-18,21H2,(H2,38,43)(H,41,48,49). The number of imide groups is 1. The predicted molar refractivity (Wildman–Crippen MR) is 186 cm³/mol. The summed E-state index contributed by atoms with van der Waals surface area (Å²) < 4.78 is 4.01. The fourth-order valence-electron chi connectivity index (χ4n) is 7.44. The SMILES string of the molecule is Nc1nnc(-c2ccccc2O)cc1-c1cnn(CC2CCN(CCc3cccc4c3c3cccnc3n4C3CCC(=O)NC3=O)CC2)c1. The maximum Gasteiger partial charge on any atom is 0.249 e. The van der Waals surface area contributed by atoms with Crippen LogP contribution in [0.25, 0.3) is 44.3 Å². The molecule has 0 saturated carbocycles. The highest BCUT2D eigenvalue weighted by atomic mass is 16.3. The van der Waals surface area contributed by atoms with E-state index in [1.165, 1.54) is 5.56 Å². The molecule has 6 heterocycles. The first-order valence-corrected chi connectivity index (χ1v) is 16.8. The number of hydrogen-bond acceptors (Lipinski definition) is 9. The van der Waals surface area contributed by atoms with Crippen LogP contribution < -0.4 is 11.1 Å². The van der Waals surface area contributed by atoms with Crippen molar-refractivity contribution in [3.05, 3.63) is 84.8 Å². The zero-order valence-corrected chi connectivity index (χ0v) is 27.0. The maximum atomic E-state index is 12.9. The third-order valence-electron chi connectivity index (χ3n) is 9.99. The smallest absolute Gasteiger partial charge is 0.249 e. The topological polar surface area (TPSA) is 157 Å². The van der Waals surface area contributed by atoms with E-state index in [0.29, 0.717) is 35.8 Å². The lowest BCUT2D eigenvalue weighted by molar-refractivity contribution is -0.135. The van der Waals surface area contributed by atoms with Gasteiger partial charge in [0.05, 0.1) is 17.4 Å². The molecule has 4 N–H and O–H groups in total. The van der Waals surface area contributed by atoms with Crippen LogP contribution in [-0.4, -0.2) is 71.0 Å². The van der Waals surface area contributed by atoms with Crippen molar-refractivity contribution in [2.24, 2.45) is 5.92 Å². The molecule has 2 aromatic carbocycles. The number of phenolic OH excluding ortho intramolecular Hbond substituents is 1. The van der Waals surface area contributed by atoms with Gasteiger partial charge in [0, 0.05) is 59.4 Å². The van der Waals surface area contributed by atoms with Gasteiger partial charge in [-0.1, -0.05) is 24.3 Å². The number of carbonyl (C=O) groups excluding carboxylic acids is 2. The largest absolute Gasteiger partial charge is 0.507 e. The van der Waals surface area contributed by atoms with Crippen LogP contribution in [0, 0.1) is 5.92 Å². The molecule has 4 aromatic heterocycles. The average Bonchev–Trinajstić information content (AvgIpc) is 3.71. The lowest BCUT2D eigenvalue weighted by Crippen LogP contribution is -2.41. The van der Waals surface area contributed by atoms with Crippen LogP contribution >= 0.6 is 0 Å². The number of nitrogens with zero attached hydrogens (tertiary/aromatic N) is 7. The molecule has 0 aliphatic carbocycles. The van der Waals surface area contributed by atoms with Crippen molar-refractivity contribution in [3.63, 3.8) is 0 Å². The molecule has 12 nitrogen and oxygen atoms in total. The third-order valence-corrected chi connectivity index (χ3v) is 9.99. The monoisotopic (exact) mass is 655 g/mol. The molecule has 2 amide bonds. The molecule has 0 spiro atoms. The highest BCUT2D eigenvalue weighted by Crippen LogP contribution is 2.36. The second-order valence-electron chi connectivity index (χ2n) is 13.1. The summed E-state index contributed by atoms with van der Waals surface area (Å²) in [5, 5.41) is 28.0. The highest BCUT2D eigenvalue weighted by molar-refractivity contribution is 6.10. The molecule has 12 heteroatoms. The van der Waals surface area contributed by atoms with E-state index in [1.807, 2.05) is 39.8 Å². The summed E-state index contributed by atoms with van der Waals surface area (Å²) in [6, 6.07) is 18.7. The Kier molecular flexibility index (Phi) is 8.00. The van der Waals surface area contributed by atoms with Crippen molar-refractivity contribution < 1.29 is 14.7 Å². The Morgan fingerprint density at radius 1 is 0.959 bits per heavy atom. The molecule has 2 aliphatic rings. The van der Waals surface area contributed by atoms with E-state index < -0.39 is 6.04 Å². The Labute approximate surface area is 282 Å².